The number of esters is 1. The number of rotatable bonds is 9. The molecule has 0 radical (unpaired) electrons. The number of benzene rings is 2. The summed E-state index contributed by atoms with van der Waals surface area (Å²) in [6.45, 7) is 5.62. The van der Waals surface area contributed by atoms with E-state index in [1.807, 2.05) is 13.0 Å². The molecule has 0 saturated carbocycles. The molecule has 1 atom stereocenters. The predicted octanol–water partition coefficient (Wildman–Crippen LogP) is 3.63. The zero-order valence-corrected chi connectivity index (χ0v) is 20.3. The van der Waals surface area contributed by atoms with E-state index in [-0.39, 0.29) is 16.5 Å². The Bertz CT molecular complexity index is 1110. The number of fused-ring (bicyclic) bond motifs is 1. The van der Waals surface area contributed by atoms with Crippen LogP contribution in [0.15, 0.2) is 47.4 Å². The van der Waals surface area contributed by atoms with Gasteiger partial charge in [-0.25, -0.2) is 13.2 Å². The van der Waals surface area contributed by atoms with Crippen molar-refractivity contribution in [1.29, 1.82) is 0 Å². The van der Waals surface area contributed by atoms with Gasteiger partial charge >= 0.3 is 5.97 Å². The summed E-state index contributed by atoms with van der Waals surface area (Å²) in [5, 5.41) is 2.86. The highest BCUT2D eigenvalue weighted by Gasteiger charge is 2.23. The molecule has 1 aliphatic rings. The highest BCUT2D eigenvalue weighted by atomic mass is 32.2. The normalized spacial score (nSPS) is 14.4. The van der Waals surface area contributed by atoms with E-state index in [1.54, 1.807) is 13.8 Å². The molecule has 0 aliphatic heterocycles. The second-order valence-electron chi connectivity index (χ2n) is 8.22. The van der Waals surface area contributed by atoms with Gasteiger partial charge in [0.05, 0.1) is 16.5 Å². The van der Waals surface area contributed by atoms with Crippen molar-refractivity contribution in [3.05, 3.63) is 64.7 Å². The van der Waals surface area contributed by atoms with Crippen LogP contribution in [0.4, 0.5) is 0 Å². The lowest BCUT2D eigenvalue weighted by Gasteiger charge is -2.20. The Labute approximate surface area is 196 Å². The van der Waals surface area contributed by atoms with Crippen molar-refractivity contribution >= 4 is 21.9 Å². The monoisotopic (exact) mass is 472 g/mol. The Kier molecular flexibility index (Phi) is 8.26. The zero-order valence-electron chi connectivity index (χ0n) is 19.5. The topological polar surface area (TPSA) is 92.8 Å². The van der Waals surface area contributed by atoms with Gasteiger partial charge in [-0.15, -0.1) is 0 Å². The number of aryl methyl sites for hydroxylation is 2. The molecule has 1 N–H and O–H groups in total. The molecule has 0 spiro atoms. The number of amides is 1. The van der Waals surface area contributed by atoms with Crippen molar-refractivity contribution in [3.8, 4) is 0 Å². The number of carbonyl (C=O) groups is 2. The van der Waals surface area contributed by atoms with Crippen LogP contribution in [0.2, 0.25) is 0 Å². The maximum absolute atomic E-state index is 12.7. The highest BCUT2D eigenvalue weighted by Crippen LogP contribution is 2.25. The third kappa shape index (κ3) is 6.00. The van der Waals surface area contributed by atoms with Crippen molar-refractivity contribution in [2.24, 2.45) is 0 Å². The molecule has 2 aromatic carbocycles. The summed E-state index contributed by atoms with van der Waals surface area (Å²) in [5.74, 6) is -1.16. The largest absolute Gasteiger partial charge is 0.452 e. The first kappa shape index (κ1) is 24.9. The van der Waals surface area contributed by atoms with Gasteiger partial charge in [0.1, 0.15) is 0 Å². The van der Waals surface area contributed by atoms with E-state index >= 15 is 0 Å². The SMILES string of the molecule is CCN(CC)S(=O)(=O)c1cccc(C(=O)OCC(=O)NC(C)c2ccc3c(c2)CCCC3)c1. The highest BCUT2D eigenvalue weighted by molar-refractivity contribution is 7.89. The second-order valence-corrected chi connectivity index (χ2v) is 10.2. The number of ether oxygens (including phenoxy) is 1. The summed E-state index contributed by atoms with van der Waals surface area (Å²) in [6, 6.07) is 11.8. The van der Waals surface area contributed by atoms with E-state index in [4.69, 9.17) is 4.74 Å². The minimum atomic E-state index is -3.70. The Balaban J connectivity index is 1.59. The third-order valence-electron chi connectivity index (χ3n) is 6.00. The molecule has 0 saturated heterocycles. The molecular formula is C25H32N2O5S. The van der Waals surface area contributed by atoms with Crippen LogP contribution < -0.4 is 5.32 Å². The lowest BCUT2D eigenvalue weighted by atomic mass is 9.89. The number of hydrogen-bond acceptors (Lipinski definition) is 5. The molecule has 178 valence electrons. The van der Waals surface area contributed by atoms with Gasteiger partial charge in [0.2, 0.25) is 10.0 Å². The summed E-state index contributed by atoms with van der Waals surface area (Å²) >= 11 is 0. The van der Waals surface area contributed by atoms with Crippen LogP contribution in [0.5, 0.6) is 0 Å². The van der Waals surface area contributed by atoms with Crippen LogP contribution in [0.3, 0.4) is 0 Å². The Morgan fingerprint density at radius 1 is 1.03 bits per heavy atom. The second kappa shape index (κ2) is 10.9. The number of nitrogens with zero attached hydrogens (tertiary/aromatic N) is 1. The molecule has 2 aromatic rings. The molecule has 0 aromatic heterocycles. The Morgan fingerprint density at radius 2 is 1.73 bits per heavy atom. The maximum Gasteiger partial charge on any atom is 0.338 e. The average molecular weight is 473 g/mol. The summed E-state index contributed by atoms with van der Waals surface area (Å²) in [7, 11) is -3.70. The molecule has 3 rings (SSSR count). The van der Waals surface area contributed by atoms with Gasteiger partial charge in [-0.1, -0.05) is 38.1 Å². The first-order chi connectivity index (χ1) is 15.8. The molecule has 8 heteroatoms. The number of carbonyl (C=O) groups excluding carboxylic acids is 2. The lowest BCUT2D eigenvalue weighted by Crippen LogP contribution is -2.31. The smallest absolute Gasteiger partial charge is 0.338 e. The van der Waals surface area contributed by atoms with Crippen molar-refractivity contribution in [2.75, 3.05) is 19.7 Å². The molecule has 7 nitrogen and oxygen atoms in total. The first-order valence-electron chi connectivity index (χ1n) is 11.4. The van der Waals surface area contributed by atoms with E-state index in [9.17, 15) is 18.0 Å². The van der Waals surface area contributed by atoms with Gasteiger partial charge in [-0.05, 0) is 67.5 Å². The van der Waals surface area contributed by atoms with E-state index in [0.717, 1.165) is 18.4 Å². The fraction of sp³-hybridized carbons (Fsp3) is 0.440. The zero-order chi connectivity index (χ0) is 24.0. The van der Waals surface area contributed by atoms with Crippen molar-refractivity contribution < 1.29 is 22.7 Å². The molecule has 0 fully saturated rings. The summed E-state index contributed by atoms with van der Waals surface area (Å²) in [5.41, 5.74) is 3.82. The van der Waals surface area contributed by atoms with Crippen LogP contribution in [0.1, 0.15) is 66.7 Å². The fourth-order valence-corrected chi connectivity index (χ4v) is 5.60. The van der Waals surface area contributed by atoms with Crippen molar-refractivity contribution in [1.82, 2.24) is 9.62 Å². The van der Waals surface area contributed by atoms with Crippen LogP contribution in [-0.4, -0.2) is 44.3 Å². The van der Waals surface area contributed by atoms with Gasteiger partial charge in [0, 0.05) is 13.1 Å². The third-order valence-corrected chi connectivity index (χ3v) is 8.04. The average Bonchev–Trinajstić information content (AvgIpc) is 2.82. The van der Waals surface area contributed by atoms with E-state index in [1.165, 1.54) is 52.5 Å². The molecule has 1 aliphatic carbocycles. The quantitative estimate of drug-likeness (QED) is 0.563. The van der Waals surface area contributed by atoms with Crippen LogP contribution in [0, 0.1) is 0 Å². The molecular weight excluding hydrogens is 440 g/mol. The summed E-state index contributed by atoms with van der Waals surface area (Å²) < 4.78 is 31.8. The Morgan fingerprint density at radius 3 is 2.42 bits per heavy atom. The molecule has 0 heterocycles. The lowest BCUT2D eigenvalue weighted by molar-refractivity contribution is -0.124. The van der Waals surface area contributed by atoms with Gasteiger partial charge in [0.15, 0.2) is 6.61 Å². The number of nitrogens with one attached hydrogen (secondary N) is 1. The maximum atomic E-state index is 12.7. The minimum absolute atomic E-state index is 0.0196. The Hall–Kier alpha value is -2.71. The van der Waals surface area contributed by atoms with Gasteiger partial charge < -0.3 is 10.1 Å². The summed E-state index contributed by atoms with van der Waals surface area (Å²) in [4.78, 5) is 24.8. The van der Waals surface area contributed by atoms with Crippen LogP contribution in [-0.2, 0) is 32.4 Å². The molecule has 0 bridgehead atoms. The fourth-order valence-electron chi connectivity index (χ4n) is 4.10. The summed E-state index contributed by atoms with van der Waals surface area (Å²) in [6.07, 6.45) is 4.56. The molecule has 1 amide bonds. The van der Waals surface area contributed by atoms with E-state index in [2.05, 4.69) is 17.4 Å². The van der Waals surface area contributed by atoms with Gasteiger partial charge in [-0.2, -0.15) is 4.31 Å². The number of hydrogen-bond donors (Lipinski definition) is 1. The van der Waals surface area contributed by atoms with Gasteiger partial charge in [-0.3, -0.25) is 4.79 Å². The molecule has 1 unspecified atom stereocenters. The van der Waals surface area contributed by atoms with E-state index < -0.39 is 28.5 Å². The van der Waals surface area contributed by atoms with Crippen molar-refractivity contribution in [2.45, 2.75) is 57.4 Å². The minimum Gasteiger partial charge on any atom is -0.452 e. The van der Waals surface area contributed by atoms with Gasteiger partial charge in [0.25, 0.3) is 5.91 Å². The van der Waals surface area contributed by atoms with Crippen molar-refractivity contribution in [3.63, 3.8) is 0 Å². The van der Waals surface area contributed by atoms with Crippen LogP contribution >= 0.6 is 0 Å². The number of sulfonamides is 1. The molecule has 33 heavy (non-hydrogen) atoms. The predicted molar refractivity (Wildman–Crippen MR) is 126 cm³/mol. The standard InChI is InChI=1S/C25H32N2O5S/c1-4-27(5-2)33(30,31)23-12-8-11-22(16-23)25(29)32-17-24(28)26-18(3)20-14-13-19-9-6-7-10-21(19)15-20/h8,11-16,18H,4-7,9-10,17H2,1-3H3,(H,26,28). The van der Waals surface area contributed by atoms with E-state index in [0.29, 0.717) is 13.1 Å². The van der Waals surface area contributed by atoms with Crippen LogP contribution in [0.25, 0.3) is 0 Å². The first-order valence-corrected chi connectivity index (χ1v) is 12.9.